The van der Waals surface area contributed by atoms with Crippen LogP contribution in [0.3, 0.4) is 0 Å². The van der Waals surface area contributed by atoms with E-state index in [0.717, 1.165) is 37.1 Å². The van der Waals surface area contributed by atoms with Gasteiger partial charge in [0.25, 0.3) is 5.91 Å². The summed E-state index contributed by atoms with van der Waals surface area (Å²) in [7, 11) is 0. The van der Waals surface area contributed by atoms with Crippen LogP contribution in [-0.4, -0.2) is 59.8 Å². The normalized spacial score (nSPS) is 16.6. The number of hydrogen-bond acceptors (Lipinski definition) is 12. The molecule has 1 atom stereocenters. The summed E-state index contributed by atoms with van der Waals surface area (Å²) in [6.07, 6.45) is 4.58. The lowest BCUT2D eigenvalue weighted by Gasteiger charge is -2.33. The van der Waals surface area contributed by atoms with Crippen LogP contribution in [0.2, 0.25) is 0 Å². The summed E-state index contributed by atoms with van der Waals surface area (Å²) in [5, 5.41) is 30.0. The van der Waals surface area contributed by atoms with E-state index in [1.807, 2.05) is 0 Å². The van der Waals surface area contributed by atoms with E-state index in [2.05, 4.69) is 47.6 Å². The summed E-state index contributed by atoms with van der Waals surface area (Å²) in [6.45, 7) is 3.39. The van der Waals surface area contributed by atoms with E-state index in [0.29, 0.717) is 23.2 Å². The largest absolute Gasteiger partial charge is 0.378 e. The summed E-state index contributed by atoms with van der Waals surface area (Å²) in [5.74, 6) is -0.425. The highest BCUT2D eigenvalue weighted by molar-refractivity contribution is 7.16. The average Bonchev–Trinajstić information content (AvgIpc) is 3.49. The number of hydrazone groups is 1. The van der Waals surface area contributed by atoms with E-state index < -0.39 is 10.8 Å². The minimum Gasteiger partial charge on any atom is -0.378 e. The number of nitrogen functional groups attached to an aromatic ring is 1. The van der Waals surface area contributed by atoms with Gasteiger partial charge in [-0.15, -0.1) is 17.5 Å². The molecule has 1 fully saturated rings. The first-order chi connectivity index (χ1) is 15.4. The fourth-order valence-corrected chi connectivity index (χ4v) is 4.12. The highest BCUT2D eigenvalue weighted by atomic mass is 35.5. The third-order valence-corrected chi connectivity index (χ3v) is 6.09. The molecule has 4 heterocycles. The van der Waals surface area contributed by atoms with Crippen LogP contribution < -0.4 is 11.2 Å². The smallest absolute Gasteiger partial charge is 0.324 e. The van der Waals surface area contributed by atoms with Gasteiger partial charge in [-0.05, 0) is 42.7 Å². The first-order valence-electron chi connectivity index (χ1n) is 9.78. The number of amides is 1. The van der Waals surface area contributed by atoms with Crippen molar-refractivity contribution >= 4 is 46.7 Å². The topological polar surface area (TPSA) is 183 Å². The fourth-order valence-electron chi connectivity index (χ4n) is 3.43. The van der Waals surface area contributed by atoms with Crippen LogP contribution in [0.1, 0.15) is 47.2 Å². The van der Waals surface area contributed by atoms with Crippen LogP contribution in [-0.2, 0) is 6.54 Å². The van der Waals surface area contributed by atoms with E-state index in [-0.39, 0.29) is 34.7 Å². The molecule has 176 valence electrons. The van der Waals surface area contributed by atoms with Crippen molar-refractivity contribution in [3.8, 4) is 5.82 Å². The Morgan fingerprint density at radius 3 is 2.94 bits per heavy atom. The molecule has 14 nitrogen and oxygen atoms in total. The number of carbonyl (C=O) groups is 1. The number of aromatic nitrogens is 5. The molecule has 0 bridgehead atoms. The number of hydrogen-bond donors (Lipinski definition) is 2. The first kappa shape index (κ1) is 24.2. The Labute approximate surface area is 197 Å². The number of thiophene rings is 1. The van der Waals surface area contributed by atoms with E-state index in [1.54, 1.807) is 0 Å². The van der Waals surface area contributed by atoms with Crippen molar-refractivity contribution in [3.63, 3.8) is 0 Å². The number of likely N-dealkylation sites (tertiary alicyclic amines) is 1. The molecule has 0 aromatic carbocycles. The number of nitrogens with zero attached hydrogens (tertiary/aromatic N) is 8. The fraction of sp³-hybridized carbons (Fsp3) is 0.412. The summed E-state index contributed by atoms with van der Waals surface area (Å²) < 4.78 is 6.01. The molecule has 1 aliphatic heterocycles. The molecular formula is C17H21ClN10O4S. The van der Waals surface area contributed by atoms with Gasteiger partial charge >= 0.3 is 5.00 Å². The molecule has 1 amide bonds. The molecule has 1 aliphatic rings. The molecule has 3 N–H and O–H groups in total. The van der Waals surface area contributed by atoms with Gasteiger partial charge in [-0.1, -0.05) is 23.0 Å². The molecule has 3 aromatic rings. The summed E-state index contributed by atoms with van der Waals surface area (Å²) in [6, 6.07) is 3.23. The first-order valence-corrected chi connectivity index (χ1v) is 10.6. The van der Waals surface area contributed by atoms with Crippen molar-refractivity contribution in [1.82, 2.24) is 35.6 Å². The van der Waals surface area contributed by atoms with Crippen molar-refractivity contribution in [2.45, 2.75) is 38.8 Å². The predicted octanol–water partition coefficient (Wildman–Crippen LogP) is 1.76. The lowest BCUT2D eigenvalue weighted by atomic mass is 10.0. The second-order valence-electron chi connectivity index (χ2n) is 7.22. The second-order valence-corrected chi connectivity index (χ2v) is 8.31. The Bertz CT molecular complexity index is 1160. The number of piperidine rings is 1. The number of carbonyl (C=O) groups excluding carboxylic acids is 1. The zero-order valence-corrected chi connectivity index (χ0v) is 19.1. The summed E-state index contributed by atoms with van der Waals surface area (Å²) >= 11 is 0.941. The van der Waals surface area contributed by atoms with E-state index in [9.17, 15) is 14.9 Å². The maximum absolute atomic E-state index is 12.8. The lowest BCUT2D eigenvalue weighted by Crippen LogP contribution is -2.38. The molecule has 1 unspecified atom stereocenters. The molecule has 0 saturated carbocycles. The Morgan fingerprint density at radius 2 is 2.27 bits per heavy atom. The lowest BCUT2D eigenvalue weighted by molar-refractivity contribution is -0.380. The van der Waals surface area contributed by atoms with Gasteiger partial charge in [0.15, 0.2) is 5.69 Å². The molecule has 0 spiro atoms. The Morgan fingerprint density at radius 1 is 1.45 bits per heavy atom. The van der Waals surface area contributed by atoms with Crippen molar-refractivity contribution in [3.05, 3.63) is 38.5 Å². The van der Waals surface area contributed by atoms with Crippen molar-refractivity contribution in [1.29, 1.82) is 0 Å². The summed E-state index contributed by atoms with van der Waals surface area (Å²) in [4.78, 5) is 25.8. The van der Waals surface area contributed by atoms with E-state index >= 15 is 0 Å². The molecule has 3 aromatic heterocycles. The van der Waals surface area contributed by atoms with Crippen LogP contribution >= 0.6 is 23.7 Å². The highest BCUT2D eigenvalue weighted by Gasteiger charge is 2.28. The van der Waals surface area contributed by atoms with Crippen molar-refractivity contribution < 1.29 is 14.3 Å². The van der Waals surface area contributed by atoms with Gasteiger partial charge in [-0.25, -0.2) is 10.1 Å². The molecule has 33 heavy (non-hydrogen) atoms. The predicted molar refractivity (Wildman–Crippen MR) is 121 cm³/mol. The third-order valence-electron chi connectivity index (χ3n) is 5.12. The molecule has 1 saturated heterocycles. The number of halogens is 1. The zero-order valence-electron chi connectivity index (χ0n) is 17.4. The van der Waals surface area contributed by atoms with Gasteiger partial charge in [-0.2, -0.15) is 9.78 Å². The number of rotatable bonds is 7. The number of nitrogens with one attached hydrogen (secondary N) is 1. The molecule has 4 rings (SSSR count). The zero-order chi connectivity index (χ0) is 22.7. The number of nitro groups is 1. The van der Waals surface area contributed by atoms with Crippen LogP contribution in [0.5, 0.6) is 0 Å². The standard InChI is InChI=1S/C17H20N10O4S.ClH/c1-10-4-2-3-7-25(10)9-12-14(20-24-26(12)16-15(18)22-31-23-16)17(28)21-19-8-11-5-6-13(32-11)27(29)30;/h5-6,8,10H,2-4,7,9H2,1H3,(H2,18,22)(H,21,28);1H/b19-8-;. The SMILES string of the molecule is CC1CCCCN1Cc1c(C(=O)N/N=C\c2ccc([N+](=O)[O-])s2)nnn1-c1nonc1N.Cl. The Kier molecular flexibility index (Phi) is 7.67. The van der Waals surface area contributed by atoms with Crippen molar-refractivity contribution in [2.75, 3.05) is 12.3 Å². The van der Waals surface area contributed by atoms with Gasteiger partial charge in [0.05, 0.1) is 21.7 Å². The maximum Gasteiger partial charge on any atom is 0.324 e. The maximum atomic E-state index is 12.8. The average molecular weight is 497 g/mol. The molecule has 0 radical (unpaired) electrons. The van der Waals surface area contributed by atoms with E-state index in [1.165, 1.54) is 23.0 Å². The van der Waals surface area contributed by atoms with Crippen LogP contribution in [0.25, 0.3) is 5.82 Å². The quantitative estimate of drug-likeness (QED) is 0.277. The molecular weight excluding hydrogens is 476 g/mol. The van der Waals surface area contributed by atoms with Gasteiger partial charge in [0, 0.05) is 18.7 Å². The number of nitrogens with two attached hydrogens (primary N) is 1. The molecule has 0 aliphatic carbocycles. The van der Waals surface area contributed by atoms with Gasteiger partial charge in [0.2, 0.25) is 11.6 Å². The highest BCUT2D eigenvalue weighted by Crippen LogP contribution is 2.23. The van der Waals surface area contributed by atoms with Crippen LogP contribution in [0, 0.1) is 10.1 Å². The monoisotopic (exact) mass is 496 g/mol. The Hall–Kier alpha value is -3.43. The van der Waals surface area contributed by atoms with Gasteiger partial charge < -0.3 is 5.73 Å². The van der Waals surface area contributed by atoms with Crippen LogP contribution in [0.4, 0.5) is 10.8 Å². The van der Waals surface area contributed by atoms with Gasteiger partial charge in [-0.3, -0.25) is 19.8 Å². The second kappa shape index (κ2) is 10.5. The Balaban J connectivity index is 0.00000306. The molecule has 16 heteroatoms. The minimum atomic E-state index is -0.590. The van der Waals surface area contributed by atoms with Gasteiger partial charge in [0.1, 0.15) is 0 Å². The number of anilines is 1. The van der Waals surface area contributed by atoms with E-state index in [4.69, 9.17) is 5.73 Å². The van der Waals surface area contributed by atoms with Crippen LogP contribution in [0.15, 0.2) is 21.9 Å². The third kappa shape index (κ3) is 5.32. The summed E-state index contributed by atoms with van der Waals surface area (Å²) in [5.41, 5.74) is 8.73. The minimum absolute atomic E-state index is 0. The van der Waals surface area contributed by atoms with Crippen molar-refractivity contribution in [2.24, 2.45) is 5.10 Å².